The second kappa shape index (κ2) is 5.03. The Morgan fingerprint density at radius 2 is 2.00 bits per heavy atom. The summed E-state index contributed by atoms with van der Waals surface area (Å²) in [7, 11) is 1.86. The number of pyridine rings is 1. The van der Waals surface area contributed by atoms with Gasteiger partial charge in [0.15, 0.2) is 0 Å². The summed E-state index contributed by atoms with van der Waals surface area (Å²) in [5.41, 5.74) is 10.3. The number of aromatic nitrogens is 3. The predicted octanol–water partition coefficient (Wildman–Crippen LogP) is 3.86. The lowest BCUT2D eigenvalue weighted by Crippen LogP contribution is -1.97. The van der Waals surface area contributed by atoms with Crippen LogP contribution < -0.4 is 5.73 Å². The van der Waals surface area contributed by atoms with Crippen LogP contribution in [0.25, 0.3) is 21.7 Å². The second-order valence-corrected chi connectivity index (χ2v) is 6.91. The van der Waals surface area contributed by atoms with E-state index >= 15 is 0 Å². The molecule has 0 aromatic carbocycles. The maximum Gasteiger partial charge on any atom is 0.129 e. The van der Waals surface area contributed by atoms with Gasteiger partial charge in [0.1, 0.15) is 11.5 Å². The van der Waals surface area contributed by atoms with Crippen LogP contribution >= 0.6 is 27.3 Å². The second-order valence-electron chi connectivity index (χ2n) is 4.54. The summed E-state index contributed by atoms with van der Waals surface area (Å²) in [6.07, 6.45) is 3.53. The maximum atomic E-state index is 6.19. The summed E-state index contributed by atoms with van der Waals surface area (Å²) in [5.74, 6) is 0.661. The monoisotopic (exact) mass is 348 g/mol. The number of nitrogens with zero attached hydrogens (tertiary/aromatic N) is 3. The largest absolute Gasteiger partial charge is 0.383 e. The number of hydrogen-bond acceptors (Lipinski definition) is 4. The molecular weight excluding hydrogens is 336 g/mol. The Morgan fingerprint density at radius 1 is 1.30 bits per heavy atom. The summed E-state index contributed by atoms with van der Waals surface area (Å²) in [5, 5.41) is 4.57. The first-order valence-corrected chi connectivity index (χ1v) is 7.68. The molecule has 3 rings (SSSR count). The fourth-order valence-corrected chi connectivity index (χ4v) is 3.62. The van der Waals surface area contributed by atoms with Crippen molar-refractivity contribution < 1.29 is 0 Å². The molecule has 6 heteroatoms. The summed E-state index contributed by atoms with van der Waals surface area (Å²) in [6.45, 7) is 2.07. The van der Waals surface area contributed by atoms with Crippen molar-refractivity contribution in [2.45, 2.75) is 6.92 Å². The first-order chi connectivity index (χ1) is 9.58. The third-order valence-electron chi connectivity index (χ3n) is 3.15. The average Bonchev–Trinajstić information content (AvgIpc) is 2.93. The SMILES string of the molecule is Cc1cc(-c2nn(C)c(N)c2-c2ccncc2)sc1Br. The fraction of sp³-hybridized carbons (Fsp3) is 0.143. The van der Waals surface area contributed by atoms with Crippen molar-refractivity contribution in [3.63, 3.8) is 0 Å². The van der Waals surface area contributed by atoms with E-state index in [2.05, 4.69) is 39.0 Å². The van der Waals surface area contributed by atoms with Gasteiger partial charge in [-0.1, -0.05) is 0 Å². The van der Waals surface area contributed by atoms with Gasteiger partial charge in [-0.2, -0.15) is 5.10 Å². The normalized spacial score (nSPS) is 10.9. The smallest absolute Gasteiger partial charge is 0.129 e. The molecule has 0 saturated heterocycles. The first-order valence-electron chi connectivity index (χ1n) is 6.07. The van der Waals surface area contributed by atoms with Gasteiger partial charge < -0.3 is 5.73 Å². The van der Waals surface area contributed by atoms with E-state index in [1.165, 1.54) is 5.56 Å². The van der Waals surface area contributed by atoms with Crippen molar-refractivity contribution in [1.29, 1.82) is 0 Å². The van der Waals surface area contributed by atoms with E-state index in [4.69, 9.17) is 5.73 Å². The number of thiophene rings is 1. The van der Waals surface area contributed by atoms with Gasteiger partial charge in [-0.25, -0.2) is 0 Å². The molecule has 0 spiro atoms. The van der Waals surface area contributed by atoms with Crippen LogP contribution in [-0.4, -0.2) is 14.8 Å². The van der Waals surface area contributed by atoms with Crippen LogP contribution in [0.15, 0.2) is 34.4 Å². The lowest BCUT2D eigenvalue weighted by Gasteiger charge is -2.02. The molecule has 3 heterocycles. The highest BCUT2D eigenvalue weighted by atomic mass is 79.9. The maximum absolute atomic E-state index is 6.19. The minimum Gasteiger partial charge on any atom is -0.383 e. The Labute approximate surface area is 129 Å². The van der Waals surface area contributed by atoms with Crippen LogP contribution in [-0.2, 0) is 7.05 Å². The van der Waals surface area contributed by atoms with Gasteiger partial charge in [0, 0.05) is 19.4 Å². The first kappa shape index (κ1) is 13.3. The van der Waals surface area contributed by atoms with Gasteiger partial charge in [0.05, 0.1) is 14.2 Å². The van der Waals surface area contributed by atoms with Gasteiger partial charge in [0.2, 0.25) is 0 Å². The molecule has 0 aliphatic rings. The van der Waals surface area contributed by atoms with Gasteiger partial charge >= 0.3 is 0 Å². The van der Waals surface area contributed by atoms with Gasteiger partial charge in [-0.3, -0.25) is 9.67 Å². The van der Waals surface area contributed by atoms with Crippen LogP contribution in [0, 0.1) is 6.92 Å². The van der Waals surface area contributed by atoms with Crippen molar-refractivity contribution in [3.05, 3.63) is 39.9 Å². The standard InChI is InChI=1S/C14H13BrN4S/c1-8-7-10(20-13(8)15)12-11(14(16)19(2)18-12)9-3-5-17-6-4-9/h3-7H,16H2,1-2H3. The zero-order chi connectivity index (χ0) is 14.3. The number of halogens is 1. The highest BCUT2D eigenvalue weighted by Gasteiger charge is 2.19. The van der Waals surface area contributed by atoms with Crippen molar-refractivity contribution in [2.75, 3.05) is 5.73 Å². The Bertz CT molecular complexity index is 742. The Kier molecular flexibility index (Phi) is 3.35. The Balaban J connectivity index is 2.24. The lowest BCUT2D eigenvalue weighted by atomic mass is 10.1. The minimum atomic E-state index is 0.661. The molecular formula is C14H13BrN4S. The van der Waals surface area contributed by atoms with Crippen LogP contribution in [0.4, 0.5) is 5.82 Å². The molecule has 0 aliphatic heterocycles. The lowest BCUT2D eigenvalue weighted by molar-refractivity contribution is 0.783. The van der Waals surface area contributed by atoms with Crippen LogP contribution in [0.2, 0.25) is 0 Å². The van der Waals surface area contributed by atoms with Crippen molar-refractivity contribution in [1.82, 2.24) is 14.8 Å². The molecule has 20 heavy (non-hydrogen) atoms. The number of rotatable bonds is 2. The highest BCUT2D eigenvalue weighted by Crippen LogP contribution is 2.41. The zero-order valence-electron chi connectivity index (χ0n) is 11.1. The van der Waals surface area contributed by atoms with Gasteiger partial charge in [0.25, 0.3) is 0 Å². The summed E-state index contributed by atoms with van der Waals surface area (Å²) in [6, 6.07) is 6.03. The number of hydrogen-bond donors (Lipinski definition) is 1. The molecule has 3 aromatic heterocycles. The van der Waals surface area contributed by atoms with Crippen molar-refractivity contribution in [3.8, 4) is 21.7 Å². The summed E-state index contributed by atoms with van der Waals surface area (Å²) < 4.78 is 2.84. The molecule has 0 unspecified atom stereocenters. The Morgan fingerprint density at radius 3 is 2.60 bits per heavy atom. The van der Waals surface area contributed by atoms with E-state index in [1.807, 2.05) is 19.2 Å². The molecule has 0 fully saturated rings. The average molecular weight is 349 g/mol. The molecule has 102 valence electrons. The zero-order valence-corrected chi connectivity index (χ0v) is 13.5. The van der Waals surface area contributed by atoms with Crippen LogP contribution in [0.3, 0.4) is 0 Å². The molecule has 3 aromatic rings. The van der Waals surface area contributed by atoms with Crippen molar-refractivity contribution in [2.24, 2.45) is 7.05 Å². The number of nitrogens with two attached hydrogens (primary N) is 1. The van der Waals surface area contributed by atoms with Crippen LogP contribution in [0.5, 0.6) is 0 Å². The number of nitrogen functional groups attached to an aromatic ring is 1. The predicted molar refractivity (Wildman–Crippen MR) is 86.6 cm³/mol. The molecule has 0 amide bonds. The molecule has 2 N–H and O–H groups in total. The highest BCUT2D eigenvalue weighted by molar-refractivity contribution is 9.11. The van der Waals surface area contributed by atoms with Gasteiger partial charge in [-0.05, 0) is 52.2 Å². The molecule has 4 nitrogen and oxygen atoms in total. The Hall–Kier alpha value is -1.66. The third kappa shape index (κ3) is 2.14. The molecule has 0 aliphatic carbocycles. The molecule has 0 radical (unpaired) electrons. The topological polar surface area (TPSA) is 56.7 Å². The minimum absolute atomic E-state index is 0.661. The molecule has 0 bridgehead atoms. The molecule has 0 atom stereocenters. The van der Waals surface area contributed by atoms with E-state index in [9.17, 15) is 0 Å². The van der Waals surface area contributed by atoms with E-state index in [0.717, 1.165) is 25.5 Å². The van der Waals surface area contributed by atoms with Crippen LogP contribution in [0.1, 0.15) is 5.56 Å². The summed E-state index contributed by atoms with van der Waals surface area (Å²) in [4.78, 5) is 5.16. The van der Waals surface area contributed by atoms with E-state index in [0.29, 0.717) is 5.82 Å². The molecule has 0 saturated carbocycles. The van der Waals surface area contributed by atoms with E-state index in [1.54, 1.807) is 28.4 Å². The third-order valence-corrected chi connectivity index (χ3v) is 5.29. The van der Waals surface area contributed by atoms with E-state index < -0.39 is 0 Å². The number of aryl methyl sites for hydroxylation is 2. The van der Waals surface area contributed by atoms with Gasteiger partial charge in [-0.15, -0.1) is 11.3 Å². The fourth-order valence-electron chi connectivity index (χ4n) is 2.09. The van der Waals surface area contributed by atoms with Crippen molar-refractivity contribution >= 4 is 33.1 Å². The number of anilines is 1. The quantitative estimate of drug-likeness (QED) is 0.764. The summed E-state index contributed by atoms with van der Waals surface area (Å²) >= 11 is 5.23. The van der Waals surface area contributed by atoms with E-state index in [-0.39, 0.29) is 0 Å².